The molecule has 1 aromatic carbocycles. The molecule has 0 aliphatic carbocycles. The summed E-state index contributed by atoms with van der Waals surface area (Å²) in [6.45, 7) is 1.83. The van der Waals surface area contributed by atoms with Crippen LogP contribution in [0.1, 0.15) is 20.9 Å². The molecule has 0 bridgehead atoms. The SMILES string of the molecule is COc1ccc(NC(=O)c2sc3nc4c(cc3c2N)CN(C)CC4)c(OC)c1. The number of fused-ring (bicyclic) bond motifs is 2. The first-order valence-corrected chi connectivity index (χ1v) is 9.74. The molecule has 0 radical (unpaired) electrons. The highest BCUT2D eigenvalue weighted by Crippen LogP contribution is 2.36. The van der Waals surface area contributed by atoms with Crippen LogP contribution in [0.5, 0.6) is 11.5 Å². The number of hydrogen-bond donors (Lipinski definition) is 2. The number of aromatic nitrogens is 1. The van der Waals surface area contributed by atoms with Crippen LogP contribution in [0.4, 0.5) is 11.4 Å². The molecule has 4 rings (SSSR count). The first kappa shape index (κ1) is 18.5. The molecule has 3 aromatic rings. The van der Waals surface area contributed by atoms with Gasteiger partial charge in [0.25, 0.3) is 5.91 Å². The van der Waals surface area contributed by atoms with Gasteiger partial charge in [-0.2, -0.15) is 0 Å². The highest BCUT2D eigenvalue weighted by Gasteiger charge is 2.22. The first-order valence-electron chi connectivity index (χ1n) is 8.93. The van der Waals surface area contributed by atoms with Gasteiger partial charge in [0.1, 0.15) is 21.2 Å². The number of pyridine rings is 1. The van der Waals surface area contributed by atoms with Crippen LogP contribution in [0, 0.1) is 0 Å². The third-order valence-corrected chi connectivity index (χ3v) is 6.04. The highest BCUT2D eigenvalue weighted by molar-refractivity contribution is 7.21. The van der Waals surface area contributed by atoms with Gasteiger partial charge in [-0.15, -0.1) is 11.3 Å². The number of likely N-dealkylation sites (N-methyl/N-ethyl adjacent to an activating group) is 1. The summed E-state index contributed by atoms with van der Waals surface area (Å²) in [7, 11) is 5.21. The fourth-order valence-electron chi connectivity index (χ4n) is 3.39. The van der Waals surface area contributed by atoms with Gasteiger partial charge in [0, 0.05) is 36.7 Å². The molecular weight excluding hydrogens is 376 g/mol. The first-order chi connectivity index (χ1) is 13.5. The number of carbonyl (C=O) groups is 1. The lowest BCUT2D eigenvalue weighted by Crippen LogP contribution is -2.27. The number of nitrogens with one attached hydrogen (secondary N) is 1. The van der Waals surface area contributed by atoms with Crippen molar-refractivity contribution in [2.75, 3.05) is 38.9 Å². The molecule has 28 heavy (non-hydrogen) atoms. The van der Waals surface area contributed by atoms with Crippen LogP contribution in [0.3, 0.4) is 0 Å². The number of ether oxygens (including phenoxy) is 2. The quantitative estimate of drug-likeness (QED) is 0.702. The summed E-state index contributed by atoms with van der Waals surface area (Å²) in [6, 6.07) is 7.30. The maximum absolute atomic E-state index is 12.9. The molecule has 1 aliphatic heterocycles. The Hall–Kier alpha value is -2.84. The van der Waals surface area contributed by atoms with Crippen LogP contribution in [-0.2, 0) is 13.0 Å². The maximum Gasteiger partial charge on any atom is 0.268 e. The van der Waals surface area contributed by atoms with Gasteiger partial charge in [-0.1, -0.05) is 0 Å². The topological polar surface area (TPSA) is 89.7 Å². The van der Waals surface area contributed by atoms with Crippen LogP contribution in [0.15, 0.2) is 24.3 Å². The van der Waals surface area contributed by atoms with E-state index in [1.807, 2.05) is 0 Å². The van der Waals surface area contributed by atoms with Crippen LogP contribution in [0.25, 0.3) is 10.2 Å². The number of anilines is 2. The summed E-state index contributed by atoms with van der Waals surface area (Å²) in [6.07, 6.45) is 0.907. The van der Waals surface area contributed by atoms with Crippen LogP contribution in [0.2, 0.25) is 0 Å². The molecule has 0 saturated heterocycles. The molecule has 8 heteroatoms. The van der Waals surface area contributed by atoms with E-state index in [0.29, 0.717) is 27.8 Å². The van der Waals surface area contributed by atoms with Gasteiger partial charge in [0.05, 0.1) is 25.6 Å². The Morgan fingerprint density at radius 2 is 2.11 bits per heavy atom. The molecule has 1 amide bonds. The normalized spacial score (nSPS) is 14.0. The molecule has 7 nitrogen and oxygen atoms in total. The number of rotatable bonds is 4. The third-order valence-electron chi connectivity index (χ3n) is 4.92. The van der Waals surface area contributed by atoms with E-state index in [1.165, 1.54) is 16.9 Å². The number of thiophene rings is 1. The van der Waals surface area contributed by atoms with Crippen molar-refractivity contribution in [3.63, 3.8) is 0 Å². The second kappa shape index (κ2) is 7.29. The maximum atomic E-state index is 12.9. The van der Waals surface area contributed by atoms with E-state index in [4.69, 9.17) is 20.2 Å². The fourth-order valence-corrected chi connectivity index (χ4v) is 4.38. The molecule has 3 heterocycles. The molecule has 1 aliphatic rings. The van der Waals surface area contributed by atoms with Gasteiger partial charge < -0.3 is 25.4 Å². The van der Waals surface area contributed by atoms with Gasteiger partial charge in [0.15, 0.2) is 0 Å². The van der Waals surface area contributed by atoms with E-state index >= 15 is 0 Å². The third kappa shape index (κ3) is 3.25. The van der Waals surface area contributed by atoms with E-state index < -0.39 is 0 Å². The number of carbonyl (C=O) groups excluding carboxylic acids is 1. The van der Waals surface area contributed by atoms with Crippen molar-refractivity contribution in [2.24, 2.45) is 0 Å². The zero-order chi connectivity index (χ0) is 19.8. The lowest BCUT2D eigenvalue weighted by Gasteiger charge is -2.24. The minimum absolute atomic E-state index is 0.279. The molecule has 0 unspecified atom stereocenters. The summed E-state index contributed by atoms with van der Waals surface area (Å²) >= 11 is 1.32. The smallest absolute Gasteiger partial charge is 0.268 e. The van der Waals surface area contributed by atoms with Crippen molar-refractivity contribution in [1.29, 1.82) is 0 Å². The molecule has 2 aromatic heterocycles. The van der Waals surface area contributed by atoms with Crippen molar-refractivity contribution in [3.05, 3.63) is 40.4 Å². The zero-order valence-electron chi connectivity index (χ0n) is 16.0. The van der Waals surface area contributed by atoms with Crippen LogP contribution < -0.4 is 20.5 Å². The van der Waals surface area contributed by atoms with Crippen molar-refractivity contribution in [3.8, 4) is 11.5 Å². The van der Waals surface area contributed by atoms with Crippen molar-refractivity contribution >= 4 is 38.8 Å². The van der Waals surface area contributed by atoms with Crippen LogP contribution in [-0.4, -0.2) is 43.6 Å². The highest BCUT2D eigenvalue weighted by atomic mass is 32.1. The number of nitrogens with zero attached hydrogens (tertiary/aromatic N) is 2. The van der Waals surface area contributed by atoms with E-state index in [-0.39, 0.29) is 5.91 Å². The van der Waals surface area contributed by atoms with E-state index in [0.717, 1.165) is 35.4 Å². The Morgan fingerprint density at radius 3 is 2.86 bits per heavy atom. The second-order valence-electron chi connectivity index (χ2n) is 6.80. The van der Waals surface area contributed by atoms with Gasteiger partial charge >= 0.3 is 0 Å². The number of amides is 1. The average Bonchev–Trinajstić information content (AvgIpc) is 3.02. The number of methoxy groups -OCH3 is 2. The molecule has 146 valence electrons. The van der Waals surface area contributed by atoms with Crippen molar-refractivity contribution in [1.82, 2.24) is 9.88 Å². The number of nitrogens with two attached hydrogens (primary N) is 1. The monoisotopic (exact) mass is 398 g/mol. The summed E-state index contributed by atoms with van der Waals surface area (Å²) in [5.74, 6) is 0.888. The Bertz CT molecular complexity index is 1060. The summed E-state index contributed by atoms with van der Waals surface area (Å²) in [5.41, 5.74) is 9.61. The standard InChI is InChI=1S/C20H22N4O3S/c1-24-7-6-14-11(10-24)8-13-17(21)18(28-20(13)23-14)19(25)22-15-5-4-12(26-2)9-16(15)27-3/h4-5,8-9H,6-7,10,21H2,1-3H3,(H,22,25). The lowest BCUT2D eigenvalue weighted by molar-refractivity contribution is 0.103. The number of hydrogen-bond acceptors (Lipinski definition) is 7. The molecule has 0 fully saturated rings. The Kier molecular flexibility index (Phi) is 4.82. The molecular formula is C20H22N4O3S. The number of benzene rings is 1. The minimum atomic E-state index is -0.279. The average molecular weight is 398 g/mol. The van der Waals surface area contributed by atoms with Crippen molar-refractivity contribution in [2.45, 2.75) is 13.0 Å². The van der Waals surface area contributed by atoms with Crippen molar-refractivity contribution < 1.29 is 14.3 Å². The summed E-state index contributed by atoms with van der Waals surface area (Å²) in [5, 5.41) is 3.72. The second-order valence-corrected chi connectivity index (χ2v) is 7.80. The molecule has 0 atom stereocenters. The Morgan fingerprint density at radius 1 is 1.29 bits per heavy atom. The van der Waals surface area contributed by atoms with E-state index in [1.54, 1.807) is 32.4 Å². The fraction of sp³-hybridized carbons (Fsp3) is 0.300. The zero-order valence-corrected chi connectivity index (χ0v) is 16.9. The predicted octanol–water partition coefficient (Wildman–Crippen LogP) is 3.14. The molecule has 3 N–H and O–H groups in total. The minimum Gasteiger partial charge on any atom is -0.497 e. The van der Waals surface area contributed by atoms with Gasteiger partial charge in [-0.25, -0.2) is 4.98 Å². The van der Waals surface area contributed by atoms with Crippen LogP contribution >= 0.6 is 11.3 Å². The Balaban J connectivity index is 1.67. The van der Waals surface area contributed by atoms with Gasteiger partial charge in [-0.05, 0) is 30.8 Å². The predicted molar refractivity (Wildman–Crippen MR) is 112 cm³/mol. The summed E-state index contributed by atoms with van der Waals surface area (Å²) in [4.78, 5) is 21.2. The van der Waals surface area contributed by atoms with E-state index in [9.17, 15) is 4.79 Å². The van der Waals surface area contributed by atoms with Gasteiger partial charge in [0.2, 0.25) is 0 Å². The lowest BCUT2D eigenvalue weighted by atomic mass is 10.0. The number of nitrogen functional groups attached to an aromatic ring is 1. The summed E-state index contributed by atoms with van der Waals surface area (Å²) < 4.78 is 10.5. The molecule has 0 saturated carbocycles. The van der Waals surface area contributed by atoms with Gasteiger partial charge in [-0.3, -0.25) is 4.79 Å². The largest absolute Gasteiger partial charge is 0.497 e. The molecule has 0 spiro atoms. The van der Waals surface area contributed by atoms with E-state index in [2.05, 4.69) is 23.3 Å². The Labute approximate surface area is 167 Å².